The normalized spacial score (nSPS) is 11.9. The van der Waals surface area contributed by atoms with E-state index >= 15 is 0 Å². The van der Waals surface area contributed by atoms with Gasteiger partial charge in [-0.1, -0.05) is 6.07 Å². The van der Waals surface area contributed by atoms with Gasteiger partial charge in [-0.2, -0.15) is 5.26 Å². The SMILES string of the molecule is COc1ccc(CC(C)N)cc1C#N. The van der Waals surface area contributed by atoms with E-state index < -0.39 is 0 Å². The van der Waals surface area contributed by atoms with Gasteiger partial charge in [0.15, 0.2) is 0 Å². The third-order valence-corrected chi connectivity index (χ3v) is 1.94. The summed E-state index contributed by atoms with van der Waals surface area (Å²) in [6, 6.07) is 7.76. The summed E-state index contributed by atoms with van der Waals surface area (Å²) in [6.45, 7) is 1.94. The number of benzene rings is 1. The lowest BCUT2D eigenvalue weighted by atomic mass is 10.0. The van der Waals surface area contributed by atoms with Crippen LogP contribution in [0, 0.1) is 11.3 Å². The number of nitrogens with two attached hydrogens (primary N) is 1. The van der Waals surface area contributed by atoms with Gasteiger partial charge in [-0.25, -0.2) is 0 Å². The van der Waals surface area contributed by atoms with Crippen LogP contribution >= 0.6 is 0 Å². The summed E-state index contributed by atoms with van der Waals surface area (Å²) in [5.74, 6) is 0.612. The lowest BCUT2D eigenvalue weighted by molar-refractivity contribution is 0.413. The quantitative estimate of drug-likeness (QED) is 0.784. The van der Waals surface area contributed by atoms with Crippen LogP contribution in [0.1, 0.15) is 18.1 Å². The third kappa shape index (κ3) is 2.48. The van der Waals surface area contributed by atoms with Crippen LogP contribution in [0.25, 0.3) is 0 Å². The van der Waals surface area contributed by atoms with Gasteiger partial charge < -0.3 is 10.5 Å². The maximum Gasteiger partial charge on any atom is 0.136 e. The maximum atomic E-state index is 8.85. The first-order valence-electron chi connectivity index (χ1n) is 4.50. The molecule has 0 saturated carbocycles. The molecule has 3 heteroatoms. The lowest BCUT2D eigenvalue weighted by Crippen LogP contribution is -2.17. The molecule has 0 aromatic heterocycles. The van der Waals surface area contributed by atoms with Gasteiger partial charge >= 0.3 is 0 Å². The van der Waals surface area contributed by atoms with Crippen LogP contribution < -0.4 is 10.5 Å². The zero-order valence-corrected chi connectivity index (χ0v) is 8.45. The fourth-order valence-electron chi connectivity index (χ4n) is 1.34. The van der Waals surface area contributed by atoms with Gasteiger partial charge in [0, 0.05) is 6.04 Å². The summed E-state index contributed by atoms with van der Waals surface area (Å²) >= 11 is 0. The second-order valence-corrected chi connectivity index (χ2v) is 3.33. The van der Waals surface area contributed by atoms with Crippen molar-refractivity contribution in [1.82, 2.24) is 0 Å². The molecule has 0 fully saturated rings. The van der Waals surface area contributed by atoms with Gasteiger partial charge in [0.05, 0.1) is 12.7 Å². The van der Waals surface area contributed by atoms with Crippen LogP contribution in [0.2, 0.25) is 0 Å². The monoisotopic (exact) mass is 190 g/mol. The molecule has 1 aromatic carbocycles. The second kappa shape index (κ2) is 4.64. The van der Waals surface area contributed by atoms with E-state index in [4.69, 9.17) is 15.7 Å². The Hall–Kier alpha value is -1.53. The molecule has 0 bridgehead atoms. The van der Waals surface area contributed by atoms with E-state index in [2.05, 4.69) is 6.07 Å². The van der Waals surface area contributed by atoms with Crippen molar-refractivity contribution in [2.24, 2.45) is 5.73 Å². The predicted octanol–water partition coefficient (Wildman–Crippen LogP) is 1.46. The average molecular weight is 190 g/mol. The second-order valence-electron chi connectivity index (χ2n) is 3.33. The van der Waals surface area contributed by atoms with Crippen molar-refractivity contribution in [1.29, 1.82) is 5.26 Å². The Morgan fingerprint density at radius 3 is 2.79 bits per heavy atom. The summed E-state index contributed by atoms with van der Waals surface area (Å²) in [5, 5.41) is 8.85. The zero-order chi connectivity index (χ0) is 10.6. The van der Waals surface area contributed by atoms with Gasteiger partial charge in [0.1, 0.15) is 11.8 Å². The highest BCUT2D eigenvalue weighted by Gasteiger charge is 2.04. The fourth-order valence-corrected chi connectivity index (χ4v) is 1.34. The summed E-state index contributed by atoms with van der Waals surface area (Å²) in [7, 11) is 1.56. The molecular weight excluding hydrogens is 176 g/mol. The van der Waals surface area contributed by atoms with Crippen LogP contribution in [-0.4, -0.2) is 13.2 Å². The minimum absolute atomic E-state index is 0.106. The topological polar surface area (TPSA) is 59.0 Å². The van der Waals surface area contributed by atoms with E-state index in [1.54, 1.807) is 13.2 Å². The molecule has 14 heavy (non-hydrogen) atoms. The van der Waals surface area contributed by atoms with E-state index in [1.165, 1.54) is 0 Å². The number of nitriles is 1. The summed E-state index contributed by atoms with van der Waals surface area (Å²) in [4.78, 5) is 0. The van der Waals surface area contributed by atoms with Gasteiger partial charge in [0.25, 0.3) is 0 Å². The Morgan fingerprint density at radius 1 is 1.57 bits per heavy atom. The van der Waals surface area contributed by atoms with Crippen molar-refractivity contribution in [2.75, 3.05) is 7.11 Å². The average Bonchev–Trinajstić information content (AvgIpc) is 2.16. The van der Waals surface area contributed by atoms with E-state index in [0.29, 0.717) is 11.3 Å². The van der Waals surface area contributed by atoms with Gasteiger partial charge in [-0.05, 0) is 31.0 Å². The van der Waals surface area contributed by atoms with E-state index in [-0.39, 0.29) is 6.04 Å². The van der Waals surface area contributed by atoms with E-state index in [1.807, 2.05) is 19.1 Å². The molecule has 0 radical (unpaired) electrons. The van der Waals surface area contributed by atoms with Gasteiger partial charge in [0.2, 0.25) is 0 Å². The smallest absolute Gasteiger partial charge is 0.136 e. The van der Waals surface area contributed by atoms with Crippen molar-refractivity contribution in [3.05, 3.63) is 29.3 Å². The first-order chi connectivity index (χ1) is 6.67. The standard InChI is InChI=1S/C11H14N2O/c1-8(13)5-9-3-4-11(14-2)10(6-9)7-12/h3-4,6,8H,5,13H2,1-2H3. The minimum atomic E-state index is 0.106. The highest BCUT2D eigenvalue weighted by atomic mass is 16.5. The fraction of sp³-hybridized carbons (Fsp3) is 0.364. The highest BCUT2D eigenvalue weighted by molar-refractivity contribution is 5.45. The van der Waals surface area contributed by atoms with Crippen LogP contribution in [0.3, 0.4) is 0 Å². The molecule has 0 amide bonds. The van der Waals surface area contributed by atoms with Crippen molar-refractivity contribution in [2.45, 2.75) is 19.4 Å². The molecular formula is C11H14N2O. The number of nitrogens with zero attached hydrogens (tertiary/aromatic N) is 1. The molecule has 0 aliphatic rings. The largest absolute Gasteiger partial charge is 0.495 e. The molecule has 1 rings (SSSR count). The lowest BCUT2D eigenvalue weighted by Gasteiger charge is -2.07. The Bertz CT molecular complexity index is 353. The molecule has 1 unspecified atom stereocenters. The molecule has 1 atom stereocenters. The van der Waals surface area contributed by atoms with Gasteiger partial charge in [-0.15, -0.1) is 0 Å². The Kier molecular flexibility index (Phi) is 3.49. The Morgan fingerprint density at radius 2 is 2.29 bits per heavy atom. The van der Waals surface area contributed by atoms with E-state index in [0.717, 1.165) is 12.0 Å². The molecule has 0 aliphatic heterocycles. The third-order valence-electron chi connectivity index (χ3n) is 1.94. The van der Waals surface area contributed by atoms with E-state index in [9.17, 15) is 0 Å². The minimum Gasteiger partial charge on any atom is -0.495 e. The molecule has 74 valence electrons. The Labute approximate surface area is 84.1 Å². The molecule has 0 aliphatic carbocycles. The number of rotatable bonds is 3. The highest BCUT2D eigenvalue weighted by Crippen LogP contribution is 2.19. The summed E-state index contributed by atoms with van der Waals surface area (Å²) in [6.07, 6.45) is 0.776. The van der Waals surface area contributed by atoms with Crippen molar-refractivity contribution in [3.63, 3.8) is 0 Å². The molecule has 0 heterocycles. The first-order valence-corrected chi connectivity index (χ1v) is 4.50. The van der Waals surface area contributed by atoms with Crippen molar-refractivity contribution in [3.8, 4) is 11.8 Å². The molecule has 3 nitrogen and oxygen atoms in total. The zero-order valence-electron chi connectivity index (χ0n) is 8.45. The van der Waals surface area contributed by atoms with Crippen molar-refractivity contribution >= 4 is 0 Å². The van der Waals surface area contributed by atoms with Crippen molar-refractivity contribution < 1.29 is 4.74 Å². The maximum absolute atomic E-state index is 8.85. The van der Waals surface area contributed by atoms with Crippen LogP contribution in [0.15, 0.2) is 18.2 Å². The number of ether oxygens (including phenoxy) is 1. The number of methoxy groups -OCH3 is 1. The Balaban J connectivity index is 2.97. The van der Waals surface area contributed by atoms with Crippen LogP contribution in [-0.2, 0) is 6.42 Å². The molecule has 1 aromatic rings. The molecule has 2 N–H and O–H groups in total. The van der Waals surface area contributed by atoms with Crippen LogP contribution in [0.5, 0.6) is 5.75 Å². The predicted molar refractivity (Wildman–Crippen MR) is 55.1 cm³/mol. The number of hydrogen-bond donors (Lipinski definition) is 1. The number of hydrogen-bond acceptors (Lipinski definition) is 3. The summed E-state index contributed by atoms with van der Waals surface area (Å²) < 4.78 is 5.04. The summed E-state index contributed by atoms with van der Waals surface area (Å²) in [5.41, 5.74) is 7.30. The van der Waals surface area contributed by atoms with Crippen LogP contribution in [0.4, 0.5) is 0 Å². The van der Waals surface area contributed by atoms with Gasteiger partial charge in [-0.3, -0.25) is 0 Å². The molecule has 0 saturated heterocycles. The molecule has 0 spiro atoms. The first kappa shape index (κ1) is 10.6.